The van der Waals surface area contributed by atoms with Gasteiger partial charge in [-0.2, -0.15) is 0 Å². The number of para-hydroxylation sites is 2. The molecule has 2 aromatic rings. The van der Waals surface area contributed by atoms with E-state index in [2.05, 4.69) is 0 Å². The highest BCUT2D eigenvalue weighted by Gasteiger charge is 2.25. The zero-order valence-electron chi connectivity index (χ0n) is 24.4. The van der Waals surface area contributed by atoms with Crippen molar-refractivity contribution in [2.24, 2.45) is 0 Å². The van der Waals surface area contributed by atoms with Gasteiger partial charge in [-0.15, -0.1) is 0 Å². The number of benzene rings is 2. The minimum absolute atomic E-state index is 0.00498. The van der Waals surface area contributed by atoms with Crippen molar-refractivity contribution in [3.8, 4) is 17.2 Å². The Hall–Kier alpha value is -5.54. The highest BCUT2D eigenvalue weighted by Crippen LogP contribution is 2.36. The number of hydrogen-bond acceptors (Lipinski definition) is 15. The molecule has 238 valence electrons. The number of carboxylic acids is 1. The summed E-state index contributed by atoms with van der Waals surface area (Å²) < 4.78 is 35.3. The van der Waals surface area contributed by atoms with Crippen molar-refractivity contribution in [3.63, 3.8) is 0 Å². The number of anilines is 2. The van der Waals surface area contributed by atoms with E-state index >= 15 is 0 Å². The average Bonchev–Trinajstić information content (AvgIpc) is 3.02. The van der Waals surface area contributed by atoms with E-state index in [9.17, 15) is 33.9 Å². The second kappa shape index (κ2) is 17.4. The predicted octanol–water partition coefficient (Wildman–Crippen LogP) is 0.683. The Balaban J connectivity index is 2.39. The van der Waals surface area contributed by atoms with Crippen LogP contribution in [0.2, 0.25) is 0 Å². The van der Waals surface area contributed by atoms with Crippen LogP contribution in [-0.4, -0.2) is 109 Å². The number of carboxylic acid groups (broad SMARTS) is 1. The second-order valence-electron chi connectivity index (χ2n) is 8.52. The van der Waals surface area contributed by atoms with Gasteiger partial charge in [-0.3, -0.25) is 24.0 Å². The standard InChI is InChI=1S/C28H32N2O14/c1-38-24(32)13-29(14-25(33)39-2)19-7-5-6-8-21(19)42-9-10-43-23-11-18(28(36)37)22(44-17-31)12-20(23)30(15-26(34)40-3)16-27(35)41-4/h5-8,11-12,17H,9-10,13-16H2,1-4H3,(H,36,37). The maximum absolute atomic E-state index is 12.1. The summed E-state index contributed by atoms with van der Waals surface area (Å²) in [6, 6.07) is 8.70. The van der Waals surface area contributed by atoms with Gasteiger partial charge >= 0.3 is 29.8 Å². The Labute approximate surface area is 251 Å². The van der Waals surface area contributed by atoms with Crippen LogP contribution < -0.4 is 24.0 Å². The smallest absolute Gasteiger partial charge is 0.339 e. The predicted molar refractivity (Wildman–Crippen MR) is 150 cm³/mol. The van der Waals surface area contributed by atoms with Crippen LogP contribution in [0.4, 0.5) is 11.4 Å². The van der Waals surface area contributed by atoms with E-state index in [4.69, 9.17) is 33.2 Å². The Bertz CT molecular complexity index is 1310. The first-order valence-corrected chi connectivity index (χ1v) is 12.7. The molecule has 0 aliphatic rings. The molecule has 0 amide bonds. The summed E-state index contributed by atoms with van der Waals surface area (Å²) in [5.41, 5.74) is -0.0697. The van der Waals surface area contributed by atoms with Crippen LogP contribution in [0.1, 0.15) is 10.4 Å². The van der Waals surface area contributed by atoms with Gasteiger partial charge < -0.3 is 48.1 Å². The van der Waals surface area contributed by atoms with E-state index in [1.165, 1.54) is 24.0 Å². The number of aromatic carboxylic acids is 1. The number of carbonyl (C=O) groups is 6. The molecule has 2 aromatic carbocycles. The molecule has 0 fully saturated rings. The summed E-state index contributed by atoms with van der Waals surface area (Å²) in [4.78, 5) is 73.7. The van der Waals surface area contributed by atoms with Gasteiger partial charge in [-0.1, -0.05) is 12.1 Å². The van der Waals surface area contributed by atoms with Crippen LogP contribution >= 0.6 is 0 Å². The lowest BCUT2D eigenvalue weighted by Gasteiger charge is -2.26. The van der Waals surface area contributed by atoms with Crippen molar-refractivity contribution in [1.29, 1.82) is 0 Å². The minimum atomic E-state index is -1.45. The van der Waals surface area contributed by atoms with E-state index in [0.717, 1.165) is 26.4 Å². The van der Waals surface area contributed by atoms with Crippen molar-refractivity contribution in [2.75, 3.05) is 77.6 Å². The number of rotatable bonds is 18. The van der Waals surface area contributed by atoms with Crippen LogP contribution in [0.5, 0.6) is 17.2 Å². The van der Waals surface area contributed by atoms with E-state index < -0.39 is 48.5 Å². The van der Waals surface area contributed by atoms with Gasteiger partial charge in [0.1, 0.15) is 62.2 Å². The lowest BCUT2D eigenvalue weighted by atomic mass is 10.1. The Morgan fingerprint density at radius 3 is 1.57 bits per heavy atom. The van der Waals surface area contributed by atoms with Gasteiger partial charge in [-0.25, -0.2) is 4.79 Å². The van der Waals surface area contributed by atoms with E-state index in [0.29, 0.717) is 5.69 Å². The first-order valence-electron chi connectivity index (χ1n) is 12.7. The SMILES string of the molecule is COC(=O)CN(CC(=O)OC)c1ccccc1OCCOc1cc(C(=O)O)c(OC=O)cc1N(CC(=O)OC)CC(=O)OC. The molecule has 44 heavy (non-hydrogen) atoms. The quantitative estimate of drug-likeness (QED) is 0.106. The number of nitrogens with zero attached hydrogens (tertiary/aromatic N) is 2. The molecule has 0 saturated carbocycles. The lowest BCUT2D eigenvalue weighted by molar-refractivity contribution is -0.141. The third-order valence-electron chi connectivity index (χ3n) is 5.80. The fourth-order valence-corrected chi connectivity index (χ4v) is 3.71. The van der Waals surface area contributed by atoms with Crippen LogP contribution in [0.25, 0.3) is 0 Å². The topological polar surface area (TPSA) is 194 Å². The normalized spacial score (nSPS) is 10.1. The summed E-state index contributed by atoms with van der Waals surface area (Å²) in [5.74, 6) is -4.39. The molecule has 2 rings (SSSR count). The lowest BCUT2D eigenvalue weighted by Crippen LogP contribution is -2.36. The van der Waals surface area contributed by atoms with Crippen molar-refractivity contribution < 1.29 is 67.0 Å². The van der Waals surface area contributed by atoms with Crippen molar-refractivity contribution >= 4 is 47.7 Å². The molecule has 0 bridgehead atoms. The second-order valence-corrected chi connectivity index (χ2v) is 8.52. The highest BCUT2D eigenvalue weighted by atomic mass is 16.5. The zero-order chi connectivity index (χ0) is 32.6. The molecule has 1 N–H and O–H groups in total. The molecule has 0 saturated heterocycles. The molecule has 0 radical (unpaired) electrons. The van der Waals surface area contributed by atoms with Crippen molar-refractivity contribution in [3.05, 3.63) is 42.0 Å². The first kappa shape index (κ1) is 34.7. The molecule has 0 aromatic heterocycles. The van der Waals surface area contributed by atoms with E-state index in [1.807, 2.05) is 0 Å². The number of ether oxygens (including phenoxy) is 7. The maximum atomic E-state index is 12.1. The third kappa shape index (κ3) is 10.1. The van der Waals surface area contributed by atoms with E-state index in [-0.39, 0.29) is 55.7 Å². The average molecular weight is 621 g/mol. The molecule has 0 atom stereocenters. The highest BCUT2D eigenvalue weighted by molar-refractivity contribution is 5.94. The van der Waals surface area contributed by atoms with Gasteiger partial charge in [0.05, 0.1) is 39.8 Å². The Morgan fingerprint density at radius 1 is 0.659 bits per heavy atom. The summed E-state index contributed by atoms with van der Waals surface area (Å²) in [5, 5.41) is 9.67. The Morgan fingerprint density at radius 2 is 1.11 bits per heavy atom. The zero-order valence-corrected chi connectivity index (χ0v) is 24.4. The third-order valence-corrected chi connectivity index (χ3v) is 5.80. The van der Waals surface area contributed by atoms with Gasteiger partial charge in [-0.05, 0) is 12.1 Å². The Kier molecular flexibility index (Phi) is 13.7. The summed E-state index contributed by atoms with van der Waals surface area (Å²) in [7, 11) is 4.68. The molecular formula is C28H32N2O14. The van der Waals surface area contributed by atoms with Crippen LogP contribution in [-0.2, 0) is 42.9 Å². The molecule has 16 nitrogen and oxygen atoms in total. The van der Waals surface area contributed by atoms with Crippen LogP contribution in [0, 0.1) is 0 Å². The molecule has 0 aliphatic heterocycles. The van der Waals surface area contributed by atoms with E-state index in [1.54, 1.807) is 24.3 Å². The number of hydrogen-bond donors (Lipinski definition) is 1. The summed E-state index contributed by atoms with van der Waals surface area (Å²) in [6.07, 6.45) is 0. The fraction of sp³-hybridized carbons (Fsp3) is 0.357. The minimum Gasteiger partial charge on any atom is -0.488 e. The summed E-state index contributed by atoms with van der Waals surface area (Å²) in [6.45, 7) is -1.84. The molecule has 0 spiro atoms. The van der Waals surface area contributed by atoms with Crippen LogP contribution in [0.3, 0.4) is 0 Å². The number of esters is 4. The van der Waals surface area contributed by atoms with Gasteiger partial charge in [0, 0.05) is 12.1 Å². The van der Waals surface area contributed by atoms with Crippen molar-refractivity contribution in [1.82, 2.24) is 0 Å². The molecular weight excluding hydrogens is 588 g/mol. The van der Waals surface area contributed by atoms with Gasteiger partial charge in [0.2, 0.25) is 0 Å². The molecule has 16 heteroatoms. The number of methoxy groups -OCH3 is 4. The molecule has 0 aliphatic carbocycles. The monoisotopic (exact) mass is 620 g/mol. The molecule has 0 unspecified atom stereocenters. The fourth-order valence-electron chi connectivity index (χ4n) is 3.71. The number of carbonyl (C=O) groups excluding carboxylic acids is 5. The van der Waals surface area contributed by atoms with Gasteiger partial charge in [0.15, 0.2) is 0 Å². The maximum Gasteiger partial charge on any atom is 0.339 e. The molecule has 0 heterocycles. The van der Waals surface area contributed by atoms with Crippen LogP contribution in [0.15, 0.2) is 36.4 Å². The van der Waals surface area contributed by atoms with Gasteiger partial charge in [0.25, 0.3) is 6.47 Å². The summed E-state index contributed by atoms with van der Waals surface area (Å²) >= 11 is 0. The largest absolute Gasteiger partial charge is 0.488 e. The first-order chi connectivity index (χ1) is 21.1. The van der Waals surface area contributed by atoms with Crippen molar-refractivity contribution in [2.45, 2.75) is 0 Å².